The van der Waals surface area contributed by atoms with E-state index >= 15 is 0 Å². The molecule has 0 aliphatic carbocycles. The normalized spacial score (nSPS) is 11.1. The predicted molar refractivity (Wildman–Crippen MR) is 82.8 cm³/mol. The molecule has 2 nitrogen and oxygen atoms in total. The Balaban J connectivity index is 2.03. The van der Waals surface area contributed by atoms with Crippen molar-refractivity contribution in [3.8, 4) is 0 Å². The van der Waals surface area contributed by atoms with Crippen LogP contribution in [0.4, 0.5) is 5.69 Å². The van der Waals surface area contributed by atoms with Crippen LogP contribution in [0.25, 0.3) is 0 Å². The molecule has 0 bridgehead atoms. The Bertz CT molecular complexity index is 536. The van der Waals surface area contributed by atoms with Gasteiger partial charge in [-0.05, 0) is 53.2 Å². The molecule has 0 unspecified atom stereocenters. The van der Waals surface area contributed by atoms with E-state index in [1.165, 1.54) is 16.0 Å². The summed E-state index contributed by atoms with van der Waals surface area (Å²) in [6.45, 7) is 3.97. The average molecular weight is 325 g/mol. The van der Waals surface area contributed by atoms with Gasteiger partial charge in [0.25, 0.3) is 0 Å². The molecule has 2 aromatic rings. The van der Waals surface area contributed by atoms with Gasteiger partial charge >= 0.3 is 0 Å². The molecule has 0 spiro atoms. The highest BCUT2D eigenvalue weighted by atomic mass is 79.9. The van der Waals surface area contributed by atoms with Crippen molar-refractivity contribution in [3.63, 3.8) is 0 Å². The first kappa shape index (κ1) is 13.6. The summed E-state index contributed by atoms with van der Waals surface area (Å²) in [6.07, 6.45) is 0. The number of nitrogens with zero attached hydrogens (tertiary/aromatic N) is 1. The van der Waals surface area contributed by atoms with Crippen molar-refractivity contribution in [1.82, 2.24) is 4.90 Å². The molecule has 0 saturated heterocycles. The lowest BCUT2D eigenvalue weighted by Crippen LogP contribution is -2.17. The van der Waals surface area contributed by atoms with E-state index in [1.54, 1.807) is 11.3 Å². The van der Waals surface area contributed by atoms with Gasteiger partial charge < -0.3 is 5.73 Å². The minimum absolute atomic E-state index is 0.875. The Morgan fingerprint density at radius 3 is 2.78 bits per heavy atom. The van der Waals surface area contributed by atoms with Gasteiger partial charge in [0.1, 0.15) is 0 Å². The van der Waals surface area contributed by atoms with Crippen LogP contribution in [-0.4, -0.2) is 11.9 Å². The van der Waals surface area contributed by atoms with E-state index in [9.17, 15) is 0 Å². The van der Waals surface area contributed by atoms with E-state index in [0.29, 0.717) is 0 Å². The molecule has 2 rings (SSSR count). The maximum Gasteiger partial charge on any atom is 0.0346 e. The summed E-state index contributed by atoms with van der Waals surface area (Å²) in [7, 11) is 2.14. The first-order valence-corrected chi connectivity index (χ1v) is 7.49. The molecule has 0 fully saturated rings. The predicted octanol–water partition coefficient (Wildman–Crippen LogP) is 4.03. The average Bonchev–Trinajstić information content (AvgIpc) is 2.70. The maximum atomic E-state index is 5.93. The van der Waals surface area contributed by atoms with Crippen molar-refractivity contribution >= 4 is 33.0 Å². The van der Waals surface area contributed by atoms with Crippen LogP contribution in [0.3, 0.4) is 0 Å². The number of benzene rings is 1. The smallest absolute Gasteiger partial charge is 0.0346 e. The van der Waals surface area contributed by atoms with E-state index in [-0.39, 0.29) is 0 Å². The fraction of sp³-hybridized carbons (Fsp3) is 0.286. The summed E-state index contributed by atoms with van der Waals surface area (Å²) in [5.74, 6) is 0. The van der Waals surface area contributed by atoms with Crippen LogP contribution in [0, 0.1) is 6.92 Å². The Hall–Kier alpha value is -0.840. The molecule has 1 heterocycles. The van der Waals surface area contributed by atoms with E-state index in [4.69, 9.17) is 5.73 Å². The third kappa shape index (κ3) is 3.34. The molecule has 4 heteroatoms. The Morgan fingerprint density at radius 1 is 1.33 bits per heavy atom. The summed E-state index contributed by atoms with van der Waals surface area (Å²) in [5.41, 5.74) is 9.29. The molecule has 1 aromatic carbocycles. The number of anilines is 1. The monoisotopic (exact) mass is 324 g/mol. The number of hydrogen-bond acceptors (Lipinski definition) is 3. The Kier molecular flexibility index (Phi) is 4.43. The molecular weight excluding hydrogens is 308 g/mol. The second kappa shape index (κ2) is 5.87. The summed E-state index contributed by atoms with van der Waals surface area (Å²) >= 11 is 5.27. The van der Waals surface area contributed by atoms with E-state index < -0.39 is 0 Å². The van der Waals surface area contributed by atoms with Crippen LogP contribution in [-0.2, 0) is 13.1 Å². The Labute approximate surface area is 121 Å². The molecule has 0 radical (unpaired) electrons. The topological polar surface area (TPSA) is 29.3 Å². The molecule has 0 atom stereocenters. The zero-order valence-electron chi connectivity index (χ0n) is 10.6. The second-order valence-electron chi connectivity index (χ2n) is 4.53. The van der Waals surface area contributed by atoms with E-state index in [0.717, 1.165) is 23.2 Å². The number of halogens is 1. The minimum Gasteiger partial charge on any atom is -0.399 e. The zero-order valence-corrected chi connectivity index (χ0v) is 13.0. The first-order valence-electron chi connectivity index (χ1n) is 5.81. The van der Waals surface area contributed by atoms with Crippen molar-refractivity contribution in [2.45, 2.75) is 20.0 Å². The lowest BCUT2D eigenvalue weighted by Gasteiger charge is -2.17. The molecule has 0 aliphatic rings. The Morgan fingerprint density at radius 2 is 2.11 bits per heavy atom. The van der Waals surface area contributed by atoms with Crippen LogP contribution in [0.15, 0.2) is 34.1 Å². The highest BCUT2D eigenvalue weighted by Crippen LogP contribution is 2.22. The van der Waals surface area contributed by atoms with Crippen molar-refractivity contribution < 1.29 is 0 Å². The molecular formula is C14H17BrN2S. The van der Waals surface area contributed by atoms with Crippen LogP contribution < -0.4 is 5.73 Å². The van der Waals surface area contributed by atoms with Crippen LogP contribution in [0.1, 0.15) is 16.0 Å². The van der Waals surface area contributed by atoms with Gasteiger partial charge in [0.05, 0.1) is 0 Å². The number of hydrogen-bond donors (Lipinski definition) is 1. The maximum absolute atomic E-state index is 5.93. The first-order chi connectivity index (χ1) is 8.56. The fourth-order valence-corrected chi connectivity index (χ4v) is 3.45. The lowest BCUT2D eigenvalue weighted by atomic mass is 10.1. The van der Waals surface area contributed by atoms with Crippen molar-refractivity contribution in [2.75, 3.05) is 12.8 Å². The van der Waals surface area contributed by atoms with Gasteiger partial charge in [-0.1, -0.05) is 12.1 Å². The van der Waals surface area contributed by atoms with Gasteiger partial charge in [0.15, 0.2) is 0 Å². The molecule has 18 heavy (non-hydrogen) atoms. The van der Waals surface area contributed by atoms with Gasteiger partial charge in [-0.15, -0.1) is 11.3 Å². The van der Waals surface area contributed by atoms with Crippen LogP contribution in [0.5, 0.6) is 0 Å². The van der Waals surface area contributed by atoms with Gasteiger partial charge in [0, 0.05) is 33.5 Å². The van der Waals surface area contributed by atoms with Gasteiger partial charge in [-0.25, -0.2) is 0 Å². The molecule has 0 aliphatic heterocycles. The third-order valence-corrected chi connectivity index (χ3v) is 4.66. The molecule has 1 aromatic heterocycles. The minimum atomic E-state index is 0.875. The van der Waals surface area contributed by atoms with Crippen LogP contribution >= 0.6 is 27.3 Å². The highest BCUT2D eigenvalue weighted by molar-refractivity contribution is 9.10. The lowest BCUT2D eigenvalue weighted by molar-refractivity contribution is 0.321. The summed E-state index contributed by atoms with van der Waals surface area (Å²) in [4.78, 5) is 3.67. The van der Waals surface area contributed by atoms with E-state index in [1.807, 2.05) is 12.1 Å². The van der Waals surface area contributed by atoms with Gasteiger partial charge in [-0.3, -0.25) is 4.90 Å². The molecule has 96 valence electrons. The second-order valence-corrected chi connectivity index (χ2v) is 6.45. The van der Waals surface area contributed by atoms with Gasteiger partial charge in [0.2, 0.25) is 0 Å². The summed E-state index contributed by atoms with van der Waals surface area (Å²) in [5, 5.41) is 2.12. The number of thiophene rings is 1. The summed E-state index contributed by atoms with van der Waals surface area (Å²) < 4.78 is 1.16. The quantitative estimate of drug-likeness (QED) is 0.860. The zero-order chi connectivity index (χ0) is 13.1. The molecule has 0 amide bonds. The number of nitrogens with two attached hydrogens (primary N) is 1. The number of rotatable bonds is 4. The fourth-order valence-electron chi connectivity index (χ4n) is 1.92. The standard InChI is InChI=1S/C14H17BrN2S/c1-10-11(4-3-5-14(10)16)7-17(2)8-13-6-12(15)9-18-13/h3-6,9H,7-8,16H2,1-2H3. The van der Waals surface area contributed by atoms with Gasteiger partial charge in [-0.2, -0.15) is 0 Å². The van der Waals surface area contributed by atoms with Crippen molar-refractivity contribution in [3.05, 3.63) is 50.1 Å². The SMILES string of the molecule is Cc1c(N)cccc1CN(C)Cc1cc(Br)cs1. The molecule has 2 N–H and O–H groups in total. The summed E-state index contributed by atoms with van der Waals surface area (Å²) in [6, 6.07) is 8.29. The largest absolute Gasteiger partial charge is 0.399 e. The number of nitrogen functional groups attached to an aromatic ring is 1. The van der Waals surface area contributed by atoms with Crippen LogP contribution in [0.2, 0.25) is 0 Å². The molecule has 0 saturated carbocycles. The van der Waals surface area contributed by atoms with E-state index in [2.05, 4.69) is 52.3 Å². The van der Waals surface area contributed by atoms with Crippen molar-refractivity contribution in [2.24, 2.45) is 0 Å². The highest BCUT2D eigenvalue weighted by Gasteiger charge is 2.07. The third-order valence-electron chi connectivity index (χ3n) is 2.98. The van der Waals surface area contributed by atoms with Crippen molar-refractivity contribution in [1.29, 1.82) is 0 Å².